The third kappa shape index (κ3) is 3.83. The van der Waals surface area contributed by atoms with Crippen LogP contribution >= 0.6 is 0 Å². The van der Waals surface area contributed by atoms with E-state index in [1.165, 1.54) is 12.8 Å². The molecule has 1 aromatic rings. The van der Waals surface area contributed by atoms with Crippen molar-refractivity contribution >= 4 is 5.82 Å². The summed E-state index contributed by atoms with van der Waals surface area (Å²) < 4.78 is 5.44. The Morgan fingerprint density at radius 3 is 3.11 bits per heavy atom. The van der Waals surface area contributed by atoms with Gasteiger partial charge in [0.2, 0.25) is 0 Å². The molecule has 1 aromatic heterocycles. The Kier molecular flexibility index (Phi) is 5.45. The lowest BCUT2D eigenvalue weighted by Gasteiger charge is -2.31. The van der Waals surface area contributed by atoms with Crippen LogP contribution in [0.5, 0.6) is 5.75 Å². The van der Waals surface area contributed by atoms with Crippen molar-refractivity contribution in [3.63, 3.8) is 0 Å². The second kappa shape index (κ2) is 7.34. The lowest BCUT2D eigenvalue weighted by molar-refractivity contribution is 0.371. The lowest BCUT2D eigenvalue weighted by Crippen LogP contribution is -2.39. The van der Waals surface area contributed by atoms with E-state index in [0.717, 1.165) is 44.2 Å². The van der Waals surface area contributed by atoms with Crippen molar-refractivity contribution in [3.05, 3.63) is 18.3 Å². The van der Waals surface area contributed by atoms with Crippen molar-refractivity contribution in [1.29, 1.82) is 0 Å². The molecule has 0 amide bonds. The second-order valence-corrected chi connectivity index (χ2v) is 5.19. The summed E-state index contributed by atoms with van der Waals surface area (Å²) in [6.07, 6.45) is 5.56. The molecule has 0 spiro atoms. The van der Waals surface area contributed by atoms with Crippen molar-refractivity contribution in [1.82, 2.24) is 10.3 Å². The predicted molar refractivity (Wildman–Crippen MR) is 78.9 cm³/mol. The predicted octanol–water partition coefficient (Wildman–Crippen LogP) is 2.31. The number of piperidine rings is 1. The summed E-state index contributed by atoms with van der Waals surface area (Å²) in [6.45, 7) is 6.59. The number of aromatic nitrogens is 1. The van der Waals surface area contributed by atoms with Gasteiger partial charge >= 0.3 is 0 Å². The molecular formula is C15H25N3O. The molecular weight excluding hydrogens is 238 g/mol. The van der Waals surface area contributed by atoms with E-state index in [-0.39, 0.29) is 0 Å². The van der Waals surface area contributed by atoms with Crippen LogP contribution in [0.25, 0.3) is 0 Å². The van der Waals surface area contributed by atoms with E-state index >= 15 is 0 Å². The Morgan fingerprint density at radius 2 is 2.42 bits per heavy atom. The molecule has 2 rings (SSSR count). The van der Waals surface area contributed by atoms with Gasteiger partial charge in [-0.3, -0.25) is 0 Å². The number of hydrogen-bond donors (Lipinski definition) is 1. The normalized spacial score (nSPS) is 19.2. The molecule has 1 aliphatic rings. The highest BCUT2D eigenvalue weighted by Gasteiger charge is 2.19. The van der Waals surface area contributed by atoms with Crippen LogP contribution in [0.4, 0.5) is 5.82 Å². The third-order valence-electron chi connectivity index (χ3n) is 3.64. The van der Waals surface area contributed by atoms with Gasteiger partial charge < -0.3 is 15.0 Å². The Hall–Kier alpha value is -1.29. The van der Waals surface area contributed by atoms with E-state index in [2.05, 4.69) is 22.1 Å². The number of rotatable bonds is 6. The summed E-state index contributed by atoms with van der Waals surface area (Å²) in [7, 11) is 1.72. The van der Waals surface area contributed by atoms with Gasteiger partial charge in [-0.25, -0.2) is 4.98 Å². The van der Waals surface area contributed by atoms with E-state index in [0.29, 0.717) is 5.92 Å². The van der Waals surface area contributed by atoms with E-state index in [1.807, 2.05) is 18.3 Å². The topological polar surface area (TPSA) is 37.4 Å². The highest BCUT2D eigenvalue weighted by atomic mass is 16.5. The van der Waals surface area contributed by atoms with Crippen LogP contribution in [0.1, 0.15) is 26.2 Å². The van der Waals surface area contributed by atoms with Gasteiger partial charge in [0.15, 0.2) is 11.6 Å². The number of ether oxygens (including phenoxy) is 1. The third-order valence-corrected chi connectivity index (χ3v) is 3.64. The molecule has 1 fully saturated rings. The monoisotopic (exact) mass is 263 g/mol. The first-order chi connectivity index (χ1) is 9.35. The maximum absolute atomic E-state index is 5.44. The first kappa shape index (κ1) is 14.1. The molecule has 0 saturated carbocycles. The maximum atomic E-state index is 5.44. The summed E-state index contributed by atoms with van der Waals surface area (Å²) in [5.41, 5.74) is 0. The van der Waals surface area contributed by atoms with Crippen LogP contribution < -0.4 is 15.0 Å². The molecule has 1 unspecified atom stereocenters. The Bertz CT molecular complexity index is 377. The van der Waals surface area contributed by atoms with Crippen molar-refractivity contribution in [3.8, 4) is 5.75 Å². The molecule has 106 valence electrons. The van der Waals surface area contributed by atoms with Gasteiger partial charge in [0.25, 0.3) is 0 Å². The molecule has 1 aliphatic heterocycles. The van der Waals surface area contributed by atoms with E-state index < -0.39 is 0 Å². The summed E-state index contributed by atoms with van der Waals surface area (Å²) >= 11 is 0. The maximum Gasteiger partial charge on any atom is 0.171 e. The van der Waals surface area contributed by atoms with Crippen molar-refractivity contribution < 1.29 is 4.74 Å². The quantitative estimate of drug-likeness (QED) is 0.854. The summed E-state index contributed by atoms with van der Waals surface area (Å²) in [6, 6.07) is 3.92. The molecule has 2 heterocycles. The number of anilines is 1. The van der Waals surface area contributed by atoms with Gasteiger partial charge in [-0.2, -0.15) is 0 Å². The van der Waals surface area contributed by atoms with Gasteiger partial charge in [-0.1, -0.05) is 6.92 Å². The first-order valence-corrected chi connectivity index (χ1v) is 7.29. The zero-order chi connectivity index (χ0) is 13.5. The zero-order valence-corrected chi connectivity index (χ0v) is 12.1. The van der Waals surface area contributed by atoms with Crippen LogP contribution in [0.15, 0.2) is 18.3 Å². The minimum Gasteiger partial charge on any atom is -0.493 e. The smallest absolute Gasteiger partial charge is 0.171 e. The molecule has 0 aliphatic carbocycles. The zero-order valence-electron chi connectivity index (χ0n) is 12.1. The summed E-state index contributed by atoms with van der Waals surface area (Å²) in [4.78, 5) is 6.89. The molecule has 0 aromatic carbocycles. The van der Waals surface area contributed by atoms with Gasteiger partial charge in [0.05, 0.1) is 7.11 Å². The Balaban J connectivity index is 2.09. The Morgan fingerprint density at radius 1 is 1.53 bits per heavy atom. The first-order valence-electron chi connectivity index (χ1n) is 7.29. The van der Waals surface area contributed by atoms with Crippen molar-refractivity contribution in [2.24, 2.45) is 5.92 Å². The van der Waals surface area contributed by atoms with Gasteiger partial charge in [0, 0.05) is 19.3 Å². The van der Waals surface area contributed by atoms with Crippen LogP contribution in [-0.4, -0.2) is 38.3 Å². The lowest BCUT2D eigenvalue weighted by atomic mass is 9.99. The summed E-state index contributed by atoms with van der Waals surface area (Å²) in [5.74, 6) is 2.57. The van der Waals surface area contributed by atoms with Gasteiger partial charge in [-0.15, -0.1) is 0 Å². The largest absolute Gasteiger partial charge is 0.493 e. The fraction of sp³-hybridized carbons (Fsp3) is 0.667. The van der Waals surface area contributed by atoms with Crippen LogP contribution in [-0.2, 0) is 0 Å². The molecule has 1 N–H and O–H groups in total. The highest BCUT2D eigenvalue weighted by molar-refractivity contribution is 5.52. The number of pyridine rings is 1. The SMILES string of the molecule is CCCN(CC1CCCNC1)c1ncccc1OC. The second-order valence-electron chi connectivity index (χ2n) is 5.19. The highest BCUT2D eigenvalue weighted by Crippen LogP contribution is 2.26. The average molecular weight is 263 g/mol. The van der Waals surface area contributed by atoms with E-state index in [4.69, 9.17) is 4.74 Å². The number of nitrogens with zero attached hydrogens (tertiary/aromatic N) is 2. The van der Waals surface area contributed by atoms with Gasteiger partial charge in [0.1, 0.15) is 0 Å². The van der Waals surface area contributed by atoms with Gasteiger partial charge in [-0.05, 0) is 50.4 Å². The minimum absolute atomic E-state index is 0.715. The fourth-order valence-corrected chi connectivity index (χ4v) is 2.72. The average Bonchev–Trinajstić information content (AvgIpc) is 2.48. The summed E-state index contributed by atoms with van der Waals surface area (Å²) in [5, 5.41) is 3.48. The number of nitrogens with one attached hydrogen (secondary N) is 1. The molecule has 0 radical (unpaired) electrons. The van der Waals surface area contributed by atoms with Crippen molar-refractivity contribution in [2.45, 2.75) is 26.2 Å². The molecule has 19 heavy (non-hydrogen) atoms. The molecule has 1 atom stereocenters. The molecule has 0 bridgehead atoms. The molecule has 4 heteroatoms. The number of methoxy groups -OCH3 is 1. The van der Waals surface area contributed by atoms with Crippen molar-refractivity contribution in [2.75, 3.05) is 38.2 Å². The molecule has 4 nitrogen and oxygen atoms in total. The van der Waals surface area contributed by atoms with Crippen LogP contribution in [0.2, 0.25) is 0 Å². The van der Waals surface area contributed by atoms with Crippen LogP contribution in [0, 0.1) is 5.92 Å². The Labute approximate surface area is 116 Å². The minimum atomic E-state index is 0.715. The fourth-order valence-electron chi connectivity index (χ4n) is 2.72. The van der Waals surface area contributed by atoms with E-state index in [1.54, 1.807) is 7.11 Å². The molecule has 1 saturated heterocycles. The van der Waals surface area contributed by atoms with Crippen LogP contribution in [0.3, 0.4) is 0 Å². The standard InChI is InChI=1S/C15H25N3O/c1-3-10-18(12-13-6-4-8-16-11-13)15-14(19-2)7-5-9-17-15/h5,7,9,13,16H,3-4,6,8,10-12H2,1-2H3. The number of hydrogen-bond acceptors (Lipinski definition) is 4. The van der Waals surface area contributed by atoms with E-state index in [9.17, 15) is 0 Å².